The Balaban J connectivity index is 1.09. The molecule has 0 aliphatic rings. The molecule has 1 N–H and O–H groups in total. The first-order valence-corrected chi connectivity index (χ1v) is 16.7. The lowest BCUT2D eigenvalue weighted by molar-refractivity contribution is 0.626. The molecule has 0 fully saturated rings. The van der Waals surface area contributed by atoms with E-state index in [2.05, 4.69) is 193 Å². The summed E-state index contributed by atoms with van der Waals surface area (Å²) in [4.78, 5) is 5.17. The van der Waals surface area contributed by atoms with Crippen LogP contribution in [0.15, 0.2) is 199 Å². The first-order valence-electron chi connectivity index (χ1n) is 16.7. The molecule has 49 heavy (non-hydrogen) atoms. The first-order chi connectivity index (χ1) is 24.2. The number of benzene rings is 7. The number of allylic oxidation sites excluding steroid dienone is 1. The van der Waals surface area contributed by atoms with Gasteiger partial charge < -0.3 is 0 Å². The van der Waals surface area contributed by atoms with E-state index in [0.29, 0.717) is 0 Å². The highest BCUT2D eigenvalue weighted by molar-refractivity contribution is 6.10. The SMILES string of the molecule is CNC(/N=C(\C=C\c1ccccc1)c1ccccc1)c1ccc(-c2cccc(-c3ccc(-c4ccc(-c5ccccc5)cc4)cc3)c2)cc1. The van der Waals surface area contributed by atoms with Gasteiger partial charge in [0, 0.05) is 0 Å². The van der Waals surface area contributed by atoms with Gasteiger partial charge in [-0.05, 0) is 80.4 Å². The Morgan fingerprint density at radius 3 is 1.37 bits per heavy atom. The van der Waals surface area contributed by atoms with Gasteiger partial charge >= 0.3 is 0 Å². The van der Waals surface area contributed by atoms with E-state index in [9.17, 15) is 0 Å². The van der Waals surface area contributed by atoms with Gasteiger partial charge in [-0.1, -0.05) is 188 Å². The zero-order chi connectivity index (χ0) is 33.3. The quantitative estimate of drug-likeness (QED) is 0.149. The third-order valence-corrected chi connectivity index (χ3v) is 8.81. The van der Waals surface area contributed by atoms with Gasteiger partial charge in [0.15, 0.2) is 0 Å². The fraction of sp³-hybridized carbons (Fsp3) is 0.0426. The van der Waals surface area contributed by atoms with Crippen LogP contribution in [0.25, 0.3) is 50.6 Å². The summed E-state index contributed by atoms with van der Waals surface area (Å²) in [6, 6.07) is 66.4. The largest absolute Gasteiger partial charge is 0.295 e. The molecule has 0 aliphatic heterocycles. The van der Waals surface area contributed by atoms with Crippen molar-refractivity contribution >= 4 is 11.8 Å². The summed E-state index contributed by atoms with van der Waals surface area (Å²) in [5.41, 5.74) is 13.9. The minimum atomic E-state index is -0.191. The van der Waals surface area contributed by atoms with Crippen molar-refractivity contribution in [2.45, 2.75) is 6.17 Å². The summed E-state index contributed by atoms with van der Waals surface area (Å²) in [5, 5.41) is 3.41. The third-order valence-electron chi connectivity index (χ3n) is 8.81. The summed E-state index contributed by atoms with van der Waals surface area (Å²) >= 11 is 0. The van der Waals surface area contributed by atoms with Crippen molar-refractivity contribution in [2.75, 3.05) is 7.05 Å². The molecule has 1 atom stereocenters. The van der Waals surface area contributed by atoms with Gasteiger partial charge in [0.2, 0.25) is 0 Å². The summed E-state index contributed by atoms with van der Waals surface area (Å²) in [6.45, 7) is 0. The van der Waals surface area contributed by atoms with E-state index in [1.807, 2.05) is 19.2 Å². The van der Waals surface area contributed by atoms with Gasteiger partial charge in [-0.2, -0.15) is 0 Å². The maximum Gasteiger partial charge on any atom is 0.126 e. The molecule has 0 spiro atoms. The molecule has 0 radical (unpaired) electrons. The molecule has 0 saturated heterocycles. The molecule has 2 heteroatoms. The second-order valence-corrected chi connectivity index (χ2v) is 12.0. The molecule has 7 aromatic carbocycles. The zero-order valence-corrected chi connectivity index (χ0v) is 27.6. The van der Waals surface area contributed by atoms with Crippen LogP contribution in [0.4, 0.5) is 0 Å². The molecule has 7 rings (SSSR count). The van der Waals surface area contributed by atoms with Crippen LogP contribution in [0.3, 0.4) is 0 Å². The monoisotopic (exact) mass is 630 g/mol. The normalized spacial score (nSPS) is 12.2. The molecule has 0 saturated carbocycles. The lowest BCUT2D eigenvalue weighted by Gasteiger charge is -2.15. The van der Waals surface area contributed by atoms with Crippen LogP contribution in [0, 0.1) is 0 Å². The van der Waals surface area contributed by atoms with E-state index < -0.39 is 0 Å². The highest BCUT2D eigenvalue weighted by Crippen LogP contribution is 2.30. The van der Waals surface area contributed by atoms with E-state index in [4.69, 9.17) is 4.99 Å². The predicted molar refractivity (Wildman–Crippen MR) is 208 cm³/mol. The second kappa shape index (κ2) is 15.2. The van der Waals surface area contributed by atoms with Crippen molar-refractivity contribution in [1.82, 2.24) is 5.32 Å². The van der Waals surface area contributed by atoms with E-state index in [1.165, 1.54) is 44.5 Å². The van der Waals surface area contributed by atoms with Crippen LogP contribution in [-0.4, -0.2) is 12.8 Å². The number of nitrogens with one attached hydrogen (secondary N) is 1. The first kappa shape index (κ1) is 31.5. The highest BCUT2D eigenvalue weighted by Gasteiger charge is 2.11. The lowest BCUT2D eigenvalue weighted by Crippen LogP contribution is -2.16. The number of rotatable bonds is 10. The van der Waals surface area contributed by atoms with Crippen molar-refractivity contribution in [3.63, 3.8) is 0 Å². The second-order valence-electron chi connectivity index (χ2n) is 12.0. The highest BCUT2D eigenvalue weighted by atomic mass is 15.0. The Hall–Kier alpha value is -6.09. The predicted octanol–water partition coefficient (Wildman–Crippen LogP) is 11.8. The molecule has 2 nitrogen and oxygen atoms in total. The fourth-order valence-electron chi connectivity index (χ4n) is 6.08. The van der Waals surface area contributed by atoms with Gasteiger partial charge in [0.25, 0.3) is 0 Å². The van der Waals surface area contributed by atoms with Gasteiger partial charge in [-0.15, -0.1) is 0 Å². The van der Waals surface area contributed by atoms with Gasteiger partial charge in [-0.3, -0.25) is 10.3 Å². The molecular formula is C47H38N2. The number of hydrogen-bond acceptors (Lipinski definition) is 2. The van der Waals surface area contributed by atoms with E-state index >= 15 is 0 Å². The summed E-state index contributed by atoms with van der Waals surface area (Å²) < 4.78 is 0. The number of hydrogen-bond donors (Lipinski definition) is 1. The van der Waals surface area contributed by atoms with Gasteiger partial charge in [0.1, 0.15) is 6.17 Å². The maximum absolute atomic E-state index is 5.17. The lowest BCUT2D eigenvalue weighted by atomic mass is 9.96. The molecule has 7 aromatic rings. The molecule has 0 amide bonds. The third kappa shape index (κ3) is 7.73. The van der Waals surface area contributed by atoms with Crippen molar-refractivity contribution in [3.8, 4) is 44.5 Å². The topological polar surface area (TPSA) is 24.4 Å². The molecule has 236 valence electrons. The summed E-state index contributed by atoms with van der Waals surface area (Å²) in [7, 11) is 1.96. The van der Waals surface area contributed by atoms with Crippen molar-refractivity contribution in [2.24, 2.45) is 4.99 Å². The van der Waals surface area contributed by atoms with Crippen molar-refractivity contribution in [1.29, 1.82) is 0 Å². The van der Waals surface area contributed by atoms with Gasteiger partial charge in [0.05, 0.1) is 5.71 Å². The minimum absolute atomic E-state index is 0.191. The van der Waals surface area contributed by atoms with Crippen LogP contribution in [0.1, 0.15) is 22.9 Å². The van der Waals surface area contributed by atoms with Crippen LogP contribution < -0.4 is 5.32 Å². The molecule has 0 heterocycles. The van der Waals surface area contributed by atoms with Crippen molar-refractivity contribution < 1.29 is 0 Å². The Labute approximate surface area is 289 Å². The van der Waals surface area contributed by atoms with Crippen LogP contribution >= 0.6 is 0 Å². The maximum atomic E-state index is 5.17. The zero-order valence-electron chi connectivity index (χ0n) is 27.6. The number of nitrogens with zero attached hydrogens (tertiary/aromatic N) is 1. The smallest absolute Gasteiger partial charge is 0.126 e. The Kier molecular flexibility index (Phi) is 9.78. The molecular weight excluding hydrogens is 593 g/mol. The minimum Gasteiger partial charge on any atom is -0.295 e. The Morgan fingerprint density at radius 1 is 0.449 bits per heavy atom. The molecule has 0 aliphatic carbocycles. The average Bonchev–Trinajstić information content (AvgIpc) is 3.19. The molecule has 1 unspecified atom stereocenters. The van der Waals surface area contributed by atoms with Crippen molar-refractivity contribution in [3.05, 3.63) is 211 Å². The Bertz CT molecular complexity index is 2150. The van der Waals surface area contributed by atoms with Crippen LogP contribution in [0.5, 0.6) is 0 Å². The molecule has 0 aromatic heterocycles. The van der Waals surface area contributed by atoms with E-state index in [0.717, 1.165) is 22.4 Å². The average molecular weight is 631 g/mol. The van der Waals surface area contributed by atoms with E-state index in [-0.39, 0.29) is 6.17 Å². The summed E-state index contributed by atoms with van der Waals surface area (Å²) in [6.07, 6.45) is 4.03. The van der Waals surface area contributed by atoms with Crippen LogP contribution in [0.2, 0.25) is 0 Å². The number of aliphatic imine (C=N–C) groups is 1. The van der Waals surface area contributed by atoms with Gasteiger partial charge in [-0.25, -0.2) is 0 Å². The van der Waals surface area contributed by atoms with E-state index in [1.54, 1.807) is 0 Å². The standard InChI is InChI=1S/C47H38N2/c1-48-47(49-46(42-16-9-4-10-17-42)33-20-35-12-5-2-6-13-35)43-31-29-41(30-32-43)45-19-11-18-44(34-45)40-27-25-39(26-28-40)38-23-21-37(22-24-38)36-14-7-3-8-15-36/h2-34,47-48H,1H3/b33-20+,49-46+. The Morgan fingerprint density at radius 2 is 0.857 bits per heavy atom. The summed E-state index contributed by atoms with van der Waals surface area (Å²) in [5.74, 6) is 0. The molecule has 0 bridgehead atoms. The fourth-order valence-corrected chi connectivity index (χ4v) is 6.08. The van der Waals surface area contributed by atoms with Crippen LogP contribution in [-0.2, 0) is 0 Å².